The molecule has 1 aromatic rings. The van der Waals surface area contributed by atoms with E-state index in [1.165, 1.54) is 6.42 Å². The predicted molar refractivity (Wildman–Crippen MR) is 123 cm³/mol. The number of amidine groups is 1. The number of thioether (sulfide) groups is 1. The van der Waals surface area contributed by atoms with Crippen molar-refractivity contribution < 1.29 is 10.2 Å². The highest BCUT2D eigenvalue weighted by molar-refractivity contribution is 7.99. The molecule has 3 rings (SSSR count). The number of nitrogens with one attached hydrogen (secondary N) is 1. The molecule has 1 spiro atoms. The number of carbonyl (C=O) groups is 1. The van der Waals surface area contributed by atoms with Crippen molar-refractivity contribution in [1.82, 2.24) is 10.2 Å². The molecule has 2 aliphatic rings. The third-order valence-electron chi connectivity index (χ3n) is 5.71. The number of nitrogens with zero attached hydrogens (tertiary/aromatic N) is 3. The van der Waals surface area contributed by atoms with Crippen molar-refractivity contribution in [3.8, 4) is 0 Å². The van der Waals surface area contributed by atoms with Crippen LogP contribution >= 0.6 is 11.8 Å². The molecule has 0 unspecified atom stereocenters. The molecule has 0 aromatic heterocycles. The minimum atomic E-state index is -0.801. The molecule has 0 radical (unpaired) electrons. The monoisotopic (exact) mass is 431 g/mol. The van der Waals surface area contributed by atoms with Gasteiger partial charge >= 0.3 is 11.6 Å². The lowest BCUT2D eigenvalue weighted by Crippen LogP contribution is -2.54. The molecule has 1 aliphatic carbocycles. The minimum absolute atomic E-state index is 0.00214. The number of anilines is 1. The van der Waals surface area contributed by atoms with Crippen molar-refractivity contribution in [2.45, 2.75) is 49.1 Å². The highest BCUT2D eigenvalue weighted by Gasteiger charge is 2.51. The van der Waals surface area contributed by atoms with Crippen LogP contribution in [0.25, 0.3) is 0 Å². The number of hydrogen-bond donors (Lipinski definition) is 5. The summed E-state index contributed by atoms with van der Waals surface area (Å²) < 4.78 is 0. The zero-order valence-electron chi connectivity index (χ0n) is 17.5. The topological polar surface area (TPSA) is 171 Å². The van der Waals surface area contributed by atoms with Crippen LogP contribution in [0.5, 0.6) is 0 Å². The summed E-state index contributed by atoms with van der Waals surface area (Å²) >= 11 is 1.60. The Bertz CT molecular complexity index is 893. The van der Waals surface area contributed by atoms with E-state index in [-0.39, 0.29) is 29.1 Å². The molecule has 9 N–H and O–H groups in total. The van der Waals surface area contributed by atoms with E-state index in [9.17, 15) is 4.79 Å². The SMILES string of the molecule is CCSc1cc(N=C(N=C(N)N(C)[C@@H]2CCCC[C@@]23CN3)C(=[NH2+])C(N)=O)ccc1N. The van der Waals surface area contributed by atoms with E-state index in [1.54, 1.807) is 23.9 Å². The number of amides is 1. The molecule has 1 saturated heterocycles. The van der Waals surface area contributed by atoms with Gasteiger partial charge in [-0.3, -0.25) is 4.79 Å². The molecular weight excluding hydrogens is 400 g/mol. The number of likely N-dealkylation sites (N-methyl/N-ethyl adjacent to an activating group) is 1. The first kappa shape index (κ1) is 22.1. The molecule has 2 atom stereocenters. The third-order valence-corrected chi connectivity index (χ3v) is 6.66. The first-order chi connectivity index (χ1) is 14.3. The minimum Gasteiger partial charge on any atom is -0.398 e. The molecule has 2 fully saturated rings. The second-order valence-corrected chi connectivity index (χ2v) is 9.03. The molecule has 30 heavy (non-hydrogen) atoms. The van der Waals surface area contributed by atoms with Crippen molar-refractivity contribution in [3.05, 3.63) is 18.2 Å². The highest BCUT2D eigenvalue weighted by Crippen LogP contribution is 2.38. The van der Waals surface area contributed by atoms with Crippen molar-refractivity contribution in [1.29, 1.82) is 0 Å². The lowest BCUT2D eigenvalue weighted by atomic mass is 9.83. The van der Waals surface area contributed by atoms with Gasteiger partial charge in [0.05, 0.1) is 17.3 Å². The van der Waals surface area contributed by atoms with Gasteiger partial charge in [-0.25, -0.2) is 10.4 Å². The summed E-state index contributed by atoms with van der Waals surface area (Å²) in [5, 5.41) is 9.41. The Kier molecular flexibility index (Phi) is 6.67. The first-order valence-corrected chi connectivity index (χ1v) is 11.1. The van der Waals surface area contributed by atoms with Gasteiger partial charge in [0.1, 0.15) is 0 Å². The number of aliphatic imine (C=N–C) groups is 2. The summed E-state index contributed by atoms with van der Waals surface area (Å²) in [6, 6.07) is 5.56. The van der Waals surface area contributed by atoms with Crippen LogP contribution in [-0.2, 0) is 4.79 Å². The van der Waals surface area contributed by atoms with Gasteiger partial charge in [-0.1, -0.05) is 19.8 Å². The van der Waals surface area contributed by atoms with Gasteiger partial charge in [-0.2, -0.15) is 4.99 Å². The second kappa shape index (κ2) is 9.05. The van der Waals surface area contributed by atoms with E-state index >= 15 is 0 Å². The van der Waals surface area contributed by atoms with Crippen LogP contribution in [0.1, 0.15) is 32.6 Å². The maximum absolute atomic E-state index is 11.7. The molecule has 162 valence electrons. The highest BCUT2D eigenvalue weighted by atomic mass is 32.2. The van der Waals surface area contributed by atoms with Gasteiger partial charge in [0, 0.05) is 24.2 Å². The molecule has 1 saturated carbocycles. The van der Waals surface area contributed by atoms with E-state index < -0.39 is 5.91 Å². The Morgan fingerprint density at radius 2 is 2.13 bits per heavy atom. The van der Waals surface area contributed by atoms with Crippen LogP contribution in [0.3, 0.4) is 0 Å². The average molecular weight is 432 g/mol. The summed E-state index contributed by atoms with van der Waals surface area (Å²) in [4.78, 5) is 23.4. The van der Waals surface area contributed by atoms with Gasteiger partial charge in [0.15, 0.2) is 5.96 Å². The van der Waals surface area contributed by atoms with E-state index in [0.717, 1.165) is 36.5 Å². The Labute approximate surface area is 181 Å². The van der Waals surface area contributed by atoms with Gasteiger partial charge in [-0.05, 0) is 36.8 Å². The number of rotatable bonds is 6. The first-order valence-electron chi connectivity index (χ1n) is 10.1. The van der Waals surface area contributed by atoms with Crippen LogP contribution in [0.15, 0.2) is 33.1 Å². The molecule has 9 nitrogen and oxygen atoms in total. The summed E-state index contributed by atoms with van der Waals surface area (Å²) in [6.45, 7) is 3.02. The maximum Gasteiger partial charge on any atom is 0.317 e. The standard InChI is InChI=1S/C20H30N8OS/c1-3-30-14-10-12(7-8-13(14)21)26-18(16(22)17(23)29)27-19(24)28(2)15-6-4-5-9-20(15)11-25-20/h7-8,10,15,22,25H,3-6,9,11,21H2,1-2H3,(H2,23,29)(H2,24,26,27)/p+1/t15-,20-/m1/s1. The second-order valence-electron chi connectivity index (χ2n) is 7.72. The average Bonchev–Trinajstić information content (AvgIpc) is 3.48. The molecular formula is C20H31N8OS+. The van der Waals surface area contributed by atoms with E-state index in [4.69, 9.17) is 22.6 Å². The van der Waals surface area contributed by atoms with Crippen LogP contribution in [-0.4, -0.2) is 59.2 Å². The summed E-state index contributed by atoms with van der Waals surface area (Å²) in [7, 11) is 1.91. The summed E-state index contributed by atoms with van der Waals surface area (Å²) in [6.07, 6.45) is 4.50. The molecule has 10 heteroatoms. The number of primary amides is 1. The van der Waals surface area contributed by atoms with E-state index in [0.29, 0.717) is 11.4 Å². The number of benzene rings is 1. The van der Waals surface area contributed by atoms with Crippen molar-refractivity contribution in [3.63, 3.8) is 0 Å². The van der Waals surface area contributed by atoms with E-state index in [1.807, 2.05) is 24.9 Å². The molecule has 1 aliphatic heterocycles. The zero-order chi connectivity index (χ0) is 21.9. The number of guanidine groups is 1. The van der Waals surface area contributed by atoms with Gasteiger partial charge < -0.3 is 27.4 Å². The fourth-order valence-electron chi connectivity index (χ4n) is 3.91. The van der Waals surface area contributed by atoms with Crippen LogP contribution in [0.2, 0.25) is 0 Å². The normalized spacial score (nSPS) is 24.0. The van der Waals surface area contributed by atoms with Crippen molar-refractivity contribution in [2.24, 2.45) is 21.5 Å². The number of nitrogens with two attached hydrogens (primary N) is 4. The zero-order valence-corrected chi connectivity index (χ0v) is 18.3. The third kappa shape index (κ3) is 4.76. The smallest absolute Gasteiger partial charge is 0.317 e. The molecule has 1 amide bonds. The Morgan fingerprint density at radius 1 is 1.40 bits per heavy atom. The number of nitrogen functional groups attached to an aromatic ring is 1. The Hall–Kier alpha value is -2.59. The fraction of sp³-hybridized carbons (Fsp3) is 0.500. The maximum atomic E-state index is 11.7. The lowest BCUT2D eigenvalue weighted by Gasteiger charge is -2.38. The molecule has 0 bridgehead atoms. The Morgan fingerprint density at radius 3 is 2.77 bits per heavy atom. The largest absolute Gasteiger partial charge is 0.398 e. The Balaban J connectivity index is 1.92. The number of carbonyl (C=O) groups excluding carboxylic acids is 1. The summed E-state index contributed by atoms with van der Waals surface area (Å²) in [5.41, 5.74) is 18.8. The number of hydrogen-bond acceptors (Lipinski definition) is 5. The molecule has 1 aromatic carbocycles. The summed E-state index contributed by atoms with van der Waals surface area (Å²) in [5.74, 6) is 0.311. The lowest BCUT2D eigenvalue weighted by molar-refractivity contribution is -0.132. The van der Waals surface area contributed by atoms with Crippen molar-refractivity contribution >= 4 is 46.6 Å². The van der Waals surface area contributed by atoms with Crippen molar-refractivity contribution in [2.75, 3.05) is 25.1 Å². The quantitative estimate of drug-likeness (QED) is 0.135. The molecule has 1 heterocycles. The fourth-order valence-corrected chi connectivity index (χ4v) is 4.66. The van der Waals surface area contributed by atoms with Crippen LogP contribution in [0, 0.1) is 0 Å². The van der Waals surface area contributed by atoms with Crippen LogP contribution in [0.4, 0.5) is 11.4 Å². The van der Waals surface area contributed by atoms with Gasteiger partial charge in [0.2, 0.25) is 5.84 Å². The van der Waals surface area contributed by atoms with Gasteiger partial charge in [-0.15, -0.1) is 11.8 Å². The van der Waals surface area contributed by atoms with E-state index in [2.05, 4.69) is 15.3 Å². The van der Waals surface area contributed by atoms with Gasteiger partial charge in [0.25, 0.3) is 0 Å². The predicted octanol–water partition coefficient (Wildman–Crippen LogP) is -0.373. The van der Waals surface area contributed by atoms with Crippen LogP contribution < -0.4 is 27.9 Å².